The minimum Gasteiger partial charge on any atom is -0.347 e. The van der Waals surface area contributed by atoms with Crippen LogP contribution in [0.3, 0.4) is 0 Å². The van der Waals surface area contributed by atoms with E-state index in [9.17, 15) is 4.79 Å². The topological polar surface area (TPSA) is 58.1 Å². The lowest BCUT2D eigenvalue weighted by Gasteiger charge is -2.17. The van der Waals surface area contributed by atoms with E-state index in [0.717, 1.165) is 18.2 Å². The lowest BCUT2D eigenvalue weighted by molar-refractivity contribution is -0.115. The minimum absolute atomic E-state index is 0.0106. The van der Waals surface area contributed by atoms with Crippen LogP contribution < -0.4 is 10.2 Å². The summed E-state index contributed by atoms with van der Waals surface area (Å²) in [6.45, 7) is 3.93. The fraction of sp³-hybridized carbons (Fsp3) is 0.727. The Hall–Kier alpha value is -1.17. The highest BCUT2D eigenvalue weighted by atomic mass is 32.1. The van der Waals surface area contributed by atoms with Gasteiger partial charge in [0.2, 0.25) is 16.2 Å². The predicted molar refractivity (Wildman–Crippen MR) is 69.5 cm³/mol. The highest BCUT2D eigenvalue weighted by Crippen LogP contribution is 2.26. The molecule has 0 bridgehead atoms. The molecular formula is C11H18N4OS. The quantitative estimate of drug-likeness (QED) is 0.899. The smallest absolute Gasteiger partial charge is 0.225 e. The van der Waals surface area contributed by atoms with E-state index < -0.39 is 0 Å². The van der Waals surface area contributed by atoms with Crippen LogP contribution in [0.4, 0.5) is 10.3 Å². The minimum atomic E-state index is -0.0106. The van der Waals surface area contributed by atoms with Crippen molar-refractivity contribution >= 4 is 27.5 Å². The molecule has 2 heterocycles. The molecule has 5 nitrogen and oxygen atoms in total. The van der Waals surface area contributed by atoms with E-state index in [1.807, 2.05) is 6.92 Å². The molecule has 1 aromatic heterocycles. The largest absolute Gasteiger partial charge is 0.347 e. The van der Waals surface area contributed by atoms with Gasteiger partial charge < -0.3 is 10.2 Å². The Morgan fingerprint density at radius 1 is 1.29 bits per heavy atom. The van der Waals surface area contributed by atoms with Gasteiger partial charge in [-0.3, -0.25) is 4.79 Å². The Bertz CT molecular complexity index is 371. The third-order valence-electron chi connectivity index (χ3n) is 2.86. The number of carbonyl (C=O) groups excluding carboxylic acids is 1. The van der Waals surface area contributed by atoms with E-state index in [-0.39, 0.29) is 5.91 Å². The molecule has 0 atom stereocenters. The van der Waals surface area contributed by atoms with Gasteiger partial charge in [-0.2, -0.15) is 0 Å². The Labute approximate surface area is 105 Å². The van der Waals surface area contributed by atoms with Gasteiger partial charge in [0.25, 0.3) is 0 Å². The van der Waals surface area contributed by atoms with Crippen LogP contribution in [-0.4, -0.2) is 29.2 Å². The molecule has 1 aromatic rings. The summed E-state index contributed by atoms with van der Waals surface area (Å²) in [6.07, 6.45) is 5.51. The van der Waals surface area contributed by atoms with Crippen LogP contribution in [0.2, 0.25) is 0 Å². The van der Waals surface area contributed by atoms with Crippen molar-refractivity contribution in [2.45, 2.75) is 39.0 Å². The SMILES string of the molecule is CCC(=O)Nc1nnc(N2CCCCCC2)s1. The third kappa shape index (κ3) is 3.39. The number of rotatable bonds is 3. The third-order valence-corrected chi connectivity index (χ3v) is 3.76. The maximum Gasteiger partial charge on any atom is 0.225 e. The molecule has 1 fully saturated rings. The van der Waals surface area contributed by atoms with Crippen LogP contribution in [0.25, 0.3) is 0 Å². The monoisotopic (exact) mass is 254 g/mol. The first-order valence-electron chi connectivity index (χ1n) is 6.18. The van der Waals surface area contributed by atoms with Crippen molar-refractivity contribution in [1.29, 1.82) is 0 Å². The molecule has 0 spiro atoms. The summed E-state index contributed by atoms with van der Waals surface area (Å²) >= 11 is 1.46. The molecule has 1 amide bonds. The van der Waals surface area contributed by atoms with Gasteiger partial charge in [0.1, 0.15) is 0 Å². The molecule has 6 heteroatoms. The summed E-state index contributed by atoms with van der Waals surface area (Å²) in [5.41, 5.74) is 0. The fourth-order valence-corrected chi connectivity index (χ4v) is 2.68. The van der Waals surface area contributed by atoms with Crippen molar-refractivity contribution in [1.82, 2.24) is 10.2 Å². The number of amides is 1. The fourth-order valence-electron chi connectivity index (χ4n) is 1.86. The summed E-state index contributed by atoms with van der Waals surface area (Å²) in [7, 11) is 0. The molecule has 1 N–H and O–H groups in total. The lowest BCUT2D eigenvalue weighted by atomic mass is 10.2. The molecule has 1 saturated heterocycles. The summed E-state index contributed by atoms with van der Waals surface area (Å²) in [6, 6.07) is 0. The molecule has 17 heavy (non-hydrogen) atoms. The van der Waals surface area contributed by atoms with Crippen molar-refractivity contribution < 1.29 is 4.79 Å². The van der Waals surface area contributed by atoms with Crippen LogP contribution >= 0.6 is 11.3 Å². The van der Waals surface area contributed by atoms with Crippen molar-refractivity contribution in [2.75, 3.05) is 23.3 Å². The zero-order valence-corrected chi connectivity index (χ0v) is 10.9. The first kappa shape index (κ1) is 12.3. The summed E-state index contributed by atoms with van der Waals surface area (Å²) in [5, 5.41) is 12.4. The average molecular weight is 254 g/mol. The number of aromatic nitrogens is 2. The molecular weight excluding hydrogens is 236 g/mol. The van der Waals surface area contributed by atoms with E-state index in [0.29, 0.717) is 11.6 Å². The average Bonchev–Trinajstić information content (AvgIpc) is 2.63. The van der Waals surface area contributed by atoms with Gasteiger partial charge in [-0.15, -0.1) is 10.2 Å². The maximum absolute atomic E-state index is 11.2. The molecule has 2 rings (SSSR count). The van der Waals surface area contributed by atoms with Gasteiger partial charge in [-0.1, -0.05) is 31.1 Å². The number of hydrogen-bond donors (Lipinski definition) is 1. The van der Waals surface area contributed by atoms with Crippen molar-refractivity contribution in [3.05, 3.63) is 0 Å². The number of anilines is 2. The van der Waals surface area contributed by atoms with E-state index in [1.54, 1.807) is 0 Å². The Kier molecular flexibility index (Phi) is 4.30. The van der Waals surface area contributed by atoms with Gasteiger partial charge >= 0.3 is 0 Å². The zero-order chi connectivity index (χ0) is 12.1. The number of hydrogen-bond acceptors (Lipinski definition) is 5. The molecule has 0 aliphatic carbocycles. The predicted octanol–water partition coefficient (Wildman–Crippen LogP) is 2.27. The van der Waals surface area contributed by atoms with E-state index >= 15 is 0 Å². The second kappa shape index (κ2) is 5.95. The second-order valence-corrected chi connectivity index (χ2v) is 5.15. The van der Waals surface area contributed by atoms with Gasteiger partial charge in [0, 0.05) is 19.5 Å². The molecule has 0 radical (unpaired) electrons. The van der Waals surface area contributed by atoms with Crippen LogP contribution in [0, 0.1) is 0 Å². The van der Waals surface area contributed by atoms with E-state index in [1.165, 1.54) is 37.0 Å². The van der Waals surface area contributed by atoms with E-state index in [4.69, 9.17) is 0 Å². The van der Waals surface area contributed by atoms with Crippen LogP contribution in [0.1, 0.15) is 39.0 Å². The van der Waals surface area contributed by atoms with E-state index in [2.05, 4.69) is 20.4 Å². The number of nitrogens with zero attached hydrogens (tertiary/aromatic N) is 3. The Morgan fingerprint density at radius 2 is 2.00 bits per heavy atom. The standard InChI is InChI=1S/C11H18N4OS/c1-2-9(16)12-10-13-14-11(17-10)15-7-5-3-4-6-8-15/h2-8H2,1H3,(H,12,13,16). The summed E-state index contributed by atoms with van der Waals surface area (Å²) < 4.78 is 0. The zero-order valence-electron chi connectivity index (χ0n) is 10.1. The Morgan fingerprint density at radius 3 is 2.65 bits per heavy atom. The second-order valence-electron chi connectivity index (χ2n) is 4.19. The number of carbonyl (C=O) groups is 1. The molecule has 0 unspecified atom stereocenters. The molecule has 94 valence electrons. The molecule has 0 aromatic carbocycles. The maximum atomic E-state index is 11.2. The highest BCUT2D eigenvalue weighted by molar-refractivity contribution is 7.19. The first-order valence-corrected chi connectivity index (χ1v) is 6.99. The lowest BCUT2D eigenvalue weighted by Crippen LogP contribution is -2.23. The van der Waals surface area contributed by atoms with Crippen molar-refractivity contribution in [2.24, 2.45) is 0 Å². The normalized spacial score (nSPS) is 16.6. The van der Waals surface area contributed by atoms with Gasteiger partial charge in [-0.05, 0) is 12.8 Å². The van der Waals surface area contributed by atoms with Crippen molar-refractivity contribution in [3.8, 4) is 0 Å². The summed E-state index contributed by atoms with van der Waals surface area (Å²) in [4.78, 5) is 13.5. The van der Waals surface area contributed by atoms with Crippen LogP contribution in [-0.2, 0) is 4.79 Å². The molecule has 1 aliphatic heterocycles. The molecule has 1 aliphatic rings. The Balaban J connectivity index is 1.98. The highest BCUT2D eigenvalue weighted by Gasteiger charge is 2.15. The van der Waals surface area contributed by atoms with Crippen LogP contribution in [0.5, 0.6) is 0 Å². The van der Waals surface area contributed by atoms with Crippen molar-refractivity contribution in [3.63, 3.8) is 0 Å². The molecule has 0 saturated carbocycles. The van der Waals surface area contributed by atoms with Crippen LogP contribution in [0.15, 0.2) is 0 Å². The van der Waals surface area contributed by atoms with Gasteiger partial charge in [0.15, 0.2) is 0 Å². The first-order chi connectivity index (χ1) is 8.29. The summed E-state index contributed by atoms with van der Waals surface area (Å²) in [5.74, 6) is -0.0106. The van der Waals surface area contributed by atoms with Gasteiger partial charge in [-0.25, -0.2) is 0 Å². The van der Waals surface area contributed by atoms with Gasteiger partial charge in [0.05, 0.1) is 0 Å². The number of nitrogens with one attached hydrogen (secondary N) is 1.